The van der Waals surface area contributed by atoms with Gasteiger partial charge in [0.25, 0.3) is 0 Å². The quantitative estimate of drug-likeness (QED) is 0.709. The third kappa shape index (κ3) is 6.39. The minimum atomic E-state index is 0.233. The van der Waals surface area contributed by atoms with Crippen molar-refractivity contribution in [2.24, 2.45) is 5.92 Å². The Morgan fingerprint density at radius 2 is 1.94 bits per heavy atom. The van der Waals surface area contributed by atoms with Gasteiger partial charge < -0.3 is 10.2 Å². The summed E-state index contributed by atoms with van der Waals surface area (Å²) in [4.78, 5) is 13.1. The van der Waals surface area contributed by atoms with Crippen LogP contribution in [0.1, 0.15) is 58.3 Å². The van der Waals surface area contributed by atoms with Gasteiger partial charge in [0.2, 0.25) is 5.91 Å². The van der Waals surface area contributed by atoms with Crippen LogP contribution in [0.3, 0.4) is 0 Å². The minimum Gasteiger partial charge on any atom is -0.349 e. The number of amides is 1. The normalized spacial score (nSPS) is 18.6. The summed E-state index contributed by atoms with van der Waals surface area (Å²) >= 11 is 0. The average molecular weight is 254 g/mol. The monoisotopic (exact) mass is 254 g/mol. The molecule has 0 aromatic heterocycles. The highest BCUT2D eigenvalue weighted by Gasteiger charge is 2.16. The van der Waals surface area contributed by atoms with E-state index in [1.807, 2.05) is 14.1 Å². The van der Waals surface area contributed by atoms with Crippen molar-refractivity contribution < 1.29 is 4.79 Å². The minimum absolute atomic E-state index is 0.233. The van der Waals surface area contributed by atoms with E-state index < -0.39 is 0 Å². The SMILES string of the molecule is C[C@H](CC1CCCCC1)NCCCC(=O)N(C)C. The Morgan fingerprint density at radius 3 is 2.56 bits per heavy atom. The van der Waals surface area contributed by atoms with Gasteiger partial charge >= 0.3 is 0 Å². The first kappa shape index (κ1) is 15.5. The Labute approximate surface area is 112 Å². The molecule has 0 unspecified atom stereocenters. The number of rotatable bonds is 7. The second-order valence-corrected chi connectivity index (χ2v) is 5.99. The maximum atomic E-state index is 11.4. The van der Waals surface area contributed by atoms with Crippen LogP contribution >= 0.6 is 0 Å². The fourth-order valence-corrected chi connectivity index (χ4v) is 2.82. The van der Waals surface area contributed by atoms with Crippen molar-refractivity contribution in [3.63, 3.8) is 0 Å². The first-order chi connectivity index (χ1) is 8.59. The molecule has 1 aliphatic carbocycles. The van der Waals surface area contributed by atoms with Crippen LogP contribution in [0.15, 0.2) is 0 Å². The molecule has 0 saturated heterocycles. The third-order valence-electron chi connectivity index (χ3n) is 3.97. The van der Waals surface area contributed by atoms with Crippen LogP contribution in [-0.4, -0.2) is 37.5 Å². The van der Waals surface area contributed by atoms with E-state index in [1.165, 1.54) is 38.5 Å². The second-order valence-electron chi connectivity index (χ2n) is 5.99. The molecular formula is C15H30N2O. The van der Waals surface area contributed by atoms with E-state index in [0.717, 1.165) is 18.9 Å². The highest BCUT2D eigenvalue weighted by atomic mass is 16.2. The van der Waals surface area contributed by atoms with Gasteiger partial charge in [-0.15, -0.1) is 0 Å². The van der Waals surface area contributed by atoms with Gasteiger partial charge in [-0.05, 0) is 32.2 Å². The topological polar surface area (TPSA) is 32.3 Å². The van der Waals surface area contributed by atoms with E-state index in [0.29, 0.717) is 12.5 Å². The fourth-order valence-electron chi connectivity index (χ4n) is 2.82. The number of hydrogen-bond acceptors (Lipinski definition) is 2. The van der Waals surface area contributed by atoms with Crippen LogP contribution in [0.4, 0.5) is 0 Å². The van der Waals surface area contributed by atoms with E-state index in [9.17, 15) is 4.79 Å². The predicted molar refractivity (Wildman–Crippen MR) is 76.6 cm³/mol. The number of nitrogens with one attached hydrogen (secondary N) is 1. The molecular weight excluding hydrogens is 224 g/mol. The fraction of sp³-hybridized carbons (Fsp3) is 0.933. The molecule has 0 spiro atoms. The van der Waals surface area contributed by atoms with E-state index in [1.54, 1.807) is 4.90 Å². The van der Waals surface area contributed by atoms with Crippen molar-refractivity contribution >= 4 is 5.91 Å². The molecule has 0 radical (unpaired) electrons. The molecule has 1 saturated carbocycles. The Bertz CT molecular complexity index is 235. The molecule has 0 aromatic carbocycles. The van der Waals surface area contributed by atoms with Crippen LogP contribution in [0.2, 0.25) is 0 Å². The van der Waals surface area contributed by atoms with Crippen molar-refractivity contribution in [1.29, 1.82) is 0 Å². The summed E-state index contributed by atoms with van der Waals surface area (Å²) in [5.41, 5.74) is 0. The molecule has 3 nitrogen and oxygen atoms in total. The highest BCUT2D eigenvalue weighted by molar-refractivity contribution is 5.75. The van der Waals surface area contributed by atoms with Crippen LogP contribution in [-0.2, 0) is 4.79 Å². The summed E-state index contributed by atoms with van der Waals surface area (Å²) in [6, 6.07) is 0.600. The first-order valence-electron chi connectivity index (χ1n) is 7.53. The number of carbonyl (C=O) groups is 1. The van der Waals surface area contributed by atoms with Crippen LogP contribution in [0, 0.1) is 5.92 Å². The standard InChI is InChI=1S/C15H30N2O/c1-13(12-14-8-5-4-6-9-14)16-11-7-10-15(18)17(2)3/h13-14,16H,4-12H2,1-3H3/t13-/m1/s1. The lowest BCUT2D eigenvalue weighted by atomic mass is 9.85. The van der Waals surface area contributed by atoms with Gasteiger partial charge in [-0.1, -0.05) is 32.1 Å². The van der Waals surface area contributed by atoms with Gasteiger partial charge in [0.05, 0.1) is 0 Å². The van der Waals surface area contributed by atoms with Crippen molar-refractivity contribution in [2.45, 2.75) is 64.3 Å². The van der Waals surface area contributed by atoms with E-state index >= 15 is 0 Å². The van der Waals surface area contributed by atoms with E-state index in [2.05, 4.69) is 12.2 Å². The third-order valence-corrected chi connectivity index (χ3v) is 3.97. The summed E-state index contributed by atoms with van der Waals surface area (Å²) in [7, 11) is 3.64. The molecule has 106 valence electrons. The number of hydrogen-bond donors (Lipinski definition) is 1. The molecule has 1 amide bonds. The van der Waals surface area contributed by atoms with Gasteiger partial charge in [-0.2, -0.15) is 0 Å². The smallest absolute Gasteiger partial charge is 0.222 e. The molecule has 0 aliphatic heterocycles. The zero-order valence-corrected chi connectivity index (χ0v) is 12.4. The molecule has 0 aromatic rings. The molecule has 1 fully saturated rings. The van der Waals surface area contributed by atoms with Crippen molar-refractivity contribution in [2.75, 3.05) is 20.6 Å². The van der Waals surface area contributed by atoms with Gasteiger partial charge in [0.1, 0.15) is 0 Å². The molecule has 18 heavy (non-hydrogen) atoms. The van der Waals surface area contributed by atoms with Gasteiger partial charge in [0.15, 0.2) is 0 Å². The van der Waals surface area contributed by atoms with Crippen LogP contribution in [0.5, 0.6) is 0 Å². The summed E-state index contributed by atoms with van der Waals surface area (Å²) in [5.74, 6) is 1.17. The molecule has 3 heteroatoms. The Balaban J connectivity index is 2.02. The largest absolute Gasteiger partial charge is 0.349 e. The predicted octanol–water partition coefficient (Wildman–Crippen LogP) is 2.80. The average Bonchev–Trinajstić information content (AvgIpc) is 2.35. The van der Waals surface area contributed by atoms with Gasteiger partial charge in [0, 0.05) is 26.6 Å². The van der Waals surface area contributed by atoms with Gasteiger partial charge in [-0.3, -0.25) is 4.79 Å². The summed E-state index contributed by atoms with van der Waals surface area (Å²) in [6.07, 6.45) is 10.1. The Morgan fingerprint density at radius 1 is 1.28 bits per heavy atom. The highest BCUT2D eigenvalue weighted by Crippen LogP contribution is 2.27. The molecule has 1 N–H and O–H groups in total. The lowest BCUT2D eigenvalue weighted by Crippen LogP contribution is -2.30. The zero-order chi connectivity index (χ0) is 13.4. The number of carbonyl (C=O) groups excluding carboxylic acids is 1. The van der Waals surface area contributed by atoms with E-state index in [4.69, 9.17) is 0 Å². The second kappa shape index (κ2) is 8.52. The molecule has 0 bridgehead atoms. The number of nitrogens with zero attached hydrogens (tertiary/aromatic N) is 1. The van der Waals surface area contributed by atoms with Crippen molar-refractivity contribution in [3.8, 4) is 0 Å². The van der Waals surface area contributed by atoms with E-state index in [-0.39, 0.29) is 5.91 Å². The summed E-state index contributed by atoms with van der Waals surface area (Å²) in [5, 5.41) is 3.55. The molecule has 1 atom stereocenters. The van der Waals surface area contributed by atoms with Crippen molar-refractivity contribution in [3.05, 3.63) is 0 Å². The zero-order valence-electron chi connectivity index (χ0n) is 12.4. The lowest BCUT2D eigenvalue weighted by Gasteiger charge is -2.25. The molecule has 0 heterocycles. The van der Waals surface area contributed by atoms with Crippen LogP contribution in [0.25, 0.3) is 0 Å². The first-order valence-corrected chi connectivity index (χ1v) is 7.53. The maximum absolute atomic E-state index is 11.4. The Hall–Kier alpha value is -0.570. The molecule has 1 rings (SSSR count). The summed E-state index contributed by atoms with van der Waals surface area (Å²) in [6.45, 7) is 3.25. The maximum Gasteiger partial charge on any atom is 0.222 e. The van der Waals surface area contributed by atoms with Crippen molar-refractivity contribution in [1.82, 2.24) is 10.2 Å². The summed E-state index contributed by atoms with van der Waals surface area (Å²) < 4.78 is 0. The van der Waals surface area contributed by atoms with Gasteiger partial charge in [-0.25, -0.2) is 0 Å². The molecule has 1 aliphatic rings. The Kier molecular flexibility index (Phi) is 7.33. The van der Waals surface area contributed by atoms with Crippen LogP contribution < -0.4 is 5.32 Å². The lowest BCUT2D eigenvalue weighted by molar-refractivity contribution is -0.128.